The molecule has 0 spiro atoms. The molecule has 0 saturated heterocycles. The molecule has 1 unspecified atom stereocenters. The van der Waals surface area contributed by atoms with Crippen LogP contribution in [0, 0.1) is 0 Å². The quantitative estimate of drug-likeness (QED) is 0.108. The van der Waals surface area contributed by atoms with Crippen LogP contribution in [0.25, 0.3) is 0 Å². The van der Waals surface area contributed by atoms with E-state index in [9.17, 15) is 0 Å². The summed E-state index contributed by atoms with van der Waals surface area (Å²) < 4.78 is 11.6. The molecule has 0 aliphatic carbocycles. The number of hydrogen-bond acceptors (Lipinski definition) is 1. The second-order valence-corrected chi connectivity index (χ2v) is 25.7. The van der Waals surface area contributed by atoms with Gasteiger partial charge in [0.15, 0.2) is 0 Å². The van der Waals surface area contributed by atoms with Crippen LogP contribution in [0.5, 0.6) is 0 Å². The molecule has 1 atom stereocenters. The van der Waals surface area contributed by atoms with E-state index < -0.39 is 18.4 Å². The Balaban J connectivity index is 2.42. The minimum atomic E-state index is -2.08. The summed E-state index contributed by atoms with van der Waals surface area (Å²) in [6, 6.07) is 10.5. The van der Waals surface area contributed by atoms with Gasteiger partial charge in [-0.15, -0.1) is 0 Å². The van der Waals surface area contributed by atoms with E-state index in [4.69, 9.17) is 4.74 Å². The Labute approximate surface area is 182 Å². The molecule has 0 aliphatic rings. The van der Waals surface area contributed by atoms with Crippen LogP contribution in [-0.2, 0) is 11.3 Å². The molecule has 1 nitrogen and oxygen atoms in total. The monoisotopic (exact) mass is 546 g/mol. The van der Waals surface area contributed by atoms with Gasteiger partial charge in [-0.05, 0) is 0 Å². The summed E-state index contributed by atoms with van der Waals surface area (Å²) >= 11 is 2.17. The standard InChI is InChI=1S/C12H16BrO.3C4H9.Sn/c13-9-5-2-6-10-14-11-12-7-3-1-4-8-12;3*1-3-4-2;/h1,3-4,7-9H,2,5-6,10-11H2;3*1,3-4H2,2H3;. The van der Waals surface area contributed by atoms with Gasteiger partial charge in [-0.3, -0.25) is 0 Å². The summed E-state index contributed by atoms with van der Waals surface area (Å²) in [4.78, 5) is 0. The molecule has 1 aromatic rings. The fourth-order valence-electron chi connectivity index (χ4n) is 4.03. The van der Waals surface area contributed by atoms with Gasteiger partial charge in [0, 0.05) is 0 Å². The van der Waals surface area contributed by atoms with Gasteiger partial charge >= 0.3 is 183 Å². The Morgan fingerprint density at radius 3 is 1.89 bits per heavy atom. The number of hydrogen-bond donors (Lipinski definition) is 0. The van der Waals surface area contributed by atoms with Crippen LogP contribution in [-0.4, -0.2) is 27.8 Å². The predicted molar refractivity (Wildman–Crippen MR) is 128 cm³/mol. The van der Waals surface area contributed by atoms with Gasteiger partial charge in [0.1, 0.15) is 0 Å². The molecule has 0 radical (unpaired) electrons. The number of benzene rings is 1. The normalized spacial score (nSPS) is 13.0. The molecule has 0 saturated carbocycles. The van der Waals surface area contributed by atoms with E-state index in [1.807, 2.05) is 0 Å². The molecule has 0 amide bonds. The van der Waals surface area contributed by atoms with E-state index in [0.29, 0.717) is 0 Å². The first-order valence-corrected chi connectivity index (χ1v) is 20.1. The van der Waals surface area contributed by atoms with Crippen molar-refractivity contribution in [1.82, 2.24) is 0 Å². The third-order valence-electron chi connectivity index (χ3n) is 5.86. The van der Waals surface area contributed by atoms with Crippen LogP contribution in [0.1, 0.15) is 84.1 Å². The molecule has 0 bridgehead atoms. The van der Waals surface area contributed by atoms with Crippen molar-refractivity contribution < 1.29 is 4.74 Å². The summed E-state index contributed by atoms with van der Waals surface area (Å²) in [6.45, 7) is 8.75. The van der Waals surface area contributed by atoms with Crippen LogP contribution in [0.4, 0.5) is 0 Å². The fraction of sp³-hybridized carbons (Fsp3) is 0.750. The van der Waals surface area contributed by atoms with Crippen LogP contribution in [0.3, 0.4) is 0 Å². The zero-order chi connectivity index (χ0) is 19.8. The SMILES string of the molecule is CCC[CH2][Sn]([CH2]CCC)([CH2]CCC)[CH](Br)CCCCOCc1ccccc1. The van der Waals surface area contributed by atoms with E-state index in [0.717, 1.165) is 16.1 Å². The van der Waals surface area contributed by atoms with E-state index in [1.165, 1.54) is 63.4 Å². The molecule has 0 N–H and O–H groups in total. The number of ether oxygens (including phenoxy) is 1. The number of rotatable bonds is 17. The Hall–Kier alpha value is 0.459. The molecule has 1 aromatic carbocycles. The Kier molecular flexibility index (Phi) is 15.4. The van der Waals surface area contributed by atoms with Gasteiger partial charge < -0.3 is 0 Å². The molecule has 0 aliphatic heterocycles. The van der Waals surface area contributed by atoms with Crippen LogP contribution < -0.4 is 0 Å². The van der Waals surface area contributed by atoms with Crippen molar-refractivity contribution >= 4 is 34.3 Å². The average molecular weight is 546 g/mol. The topological polar surface area (TPSA) is 9.23 Å². The molecule has 0 heterocycles. The van der Waals surface area contributed by atoms with Gasteiger partial charge in [0.2, 0.25) is 0 Å². The summed E-state index contributed by atoms with van der Waals surface area (Å²) in [5.41, 5.74) is 1.28. The van der Waals surface area contributed by atoms with Crippen molar-refractivity contribution in [3.8, 4) is 0 Å². The first-order chi connectivity index (χ1) is 13.2. The predicted octanol–water partition coefficient (Wildman–Crippen LogP) is 8.53. The van der Waals surface area contributed by atoms with Crippen molar-refractivity contribution in [2.45, 2.75) is 101 Å². The average Bonchev–Trinajstić information content (AvgIpc) is 2.71. The number of alkyl halides is 1. The van der Waals surface area contributed by atoms with E-state index in [2.05, 4.69) is 67.0 Å². The van der Waals surface area contributed by atoms with Crippen molar-refractivity contribution in [3.63, 3.8) is 0 Å². The van der Waals surface area contributed by atoms with Crippen molar-refractivity contribution in [2.24, 2.45) is 0 Å². The Bertz CT molecular complexity index is 429. The van der Waals surface area contributed by atoms with Gasteiger partial charge in [-0.25, -0.2) is 0 Å². The molecule has 0 aromatic heterocycles. The second kappa shape index (κ2) is 16.3. The molecular weight excluding hydrogens is 503 g/mol. The third kappa shape index (κ3) is 10.7. The van der Waals surface area contributed by atoms with Crippen LogP contribution in [0.2, 0.25) is 13.3 Å². The van der Waals surface area contributed by atoms with Crippen molar-refractivity contribution in [1.29, 1.82) is 0 Å². The molecule has 156 valence electrons. The zero-order valence-corrected chi connectivity index (χ0v) is 22.6. The first-order valence-electron chi connectivity index (χ1n) is 11.4. The van der Waals surface area contributed by atoms with Gasteiger partial charge in [-0.1, -0.05) is 0 Å². The van der Waals surface area contributed by atoms with E-state index >= 15 is 0 Å². The van der Waals surface area contributed by atoms with Crippen LogP contribution in [0.15, 0.2) is 30.3 Å². The second-order valence-electron chi connectivity index (χ2n) is 8.17. The fourth-order valence-corrected chi connectivity index (χ4v) is 25.2. The zero-order valence-electron chi connectivity index (χ0n) is 18.1. The van der Waals surface area contributed by atoms with E-state index in [-0.39, 0.29) is 0 Å². The summed E-state index contributed by atoms with van der Waals surface area (Å²) in [6.07, 6.45) is 12.4. The Morgan fingerprint density at radius 2 is 1.37 bits per heavy atom. The van der Waals surface area contributed by atoms with Crippen molar-refractivity contribution in [3.05, 3.63) is 35.9 Å². The van der Waals surface area contributed by atoms with Crippen molar-refractivity contribution in [2.75, 3.05) is 6.61 Å². The maximum absolute atomic E-state index is 5.88. The Morgan fingerprint density at radius 1 is 0.815 bits per heavy atom. The summed E-state index contributed by atoms with van der Waals surface area (Å²) in [5.74, 6) is 0. The maximum atomic E-state index is 5.88. The minimum absolute atomic E-state index is 0.755. The number of unbranched alkanes of at least 4 members (excludes halogenated alkanes) is 4. The first kappa shape index (κ1) is 25.5. The molecule has 0 fully saturated rings. The summed E-state index contributed by atoms with van der Waals surface area (Å²) in [7, 11) is 0. The molecule has 27 heavy (non-hydrogen) atoms. The third-order valence-corrected chi connectivity index (χ3v) is 29.0. The number of halogens is 1. The molecule has 1 rings (SSSR count). The van der Waals surface area contributed by atoms with Gasteiger partial charge in [-0.2, -0.15) is 0 Å². The molecular formula is C24H43BrOSn. The molecule has 3 heteroatoms. The van der Waals surface area contributed by atoms with Gasteiger partial charge in [0.05, 0.1) is 0 Å². The van der Waals surface area contributed by atoms with Crippen LogP contribution >= 0.6 is 15.9 Å². The van der Waals surface area contributed by atoms with E-state index in [1.54, 1.807) is 13.3 Å². The summed E-state index contributed by atoms with van der Waals surface area (Å²) in [5, 5.41) is 0. The van der Waals surface area contributed by atoms with Gasteiger partial charge in [0.25, 0.3) is 0 Å².